The molecule has 0 aromatic heterocycles. The highest BCUT2D eigenvalue weighted by Gasteiger charge is 2.21. The average Bonchev–Trinajstić information content (AvgIpc) is 2.95. The van der Waals surface area contributed by atoms with Crippen LogP contribution in [0.2, 0.25) is 0 Å². The lowest BCUT2D eigenvalue weighted by Gasteiger charge is -2.15. The van der Waals surface area contributed by atoms with E-state index in [0.717, 1.165) is 5.56 Å². The van der Waals surface area contributed by atoms with Crippen LogP contribution in [0.15, 0.2) is 24.3 Å². The number of rotatable bonds is 24. The number of hydrogen-bond acceptors (Lipinski definition) is 8. The predicted octanol–water partition coefficient (Wildman–Crippen LogP) is 1.40. The standard InChI is InChI=1S/C30H46N4O9/c1-3-7-26(36)34-25(30(40)41)15-14-23(35)8-6-17-42-18-19-43-20-27(37)33-24(28(31)38)9-4-5-16-32-29(39)22-12-10-21(2)11-13-22/h10-13,24-25H,3-9,14-20H2,1-2H3,(H2,31,38)(H,32,39)(H,33,37)(H,34,36)(H,40,41). The Morgan fingerprint density at radius 3 is 2.14 bits per heavy atom. The lowest BCUT2D eigenvalue weighted by atomic mass is 10.1. The van der Waals surface area contributed by atoms with E-state index in [1.807, 2.05) is 26.0 Å². The van der Waals surface area contributed by atoms with Gasteiger partial charge in [-0.3, -0.25) is 24.0 Å². The largest absolute Gasteiger partial charge is 0.480 e. The van der Waals surface area contributed by atoms with Crippen molar-refractivity contribution in [2.75, 3.05) is 33.0 Å². The molecule has 2 unspecified atom stereocenters. The van der Waals surface area contributed by atoms with Crippen LogP contribution >= 0.6 is 0 Å². The fraction of sp³-hybridized carbons (Fsp3) is 0.600. The summed E-state index contributed by atoms with van der Waals surface area (Å²) in [6.45, 7) is 4.50. The van der Waals surface area contributed by atoms with Gasteiger partial charge in [-0.2, -0.15) is 0 Å². The summed E-state index contributed by atoms with van der Waals surface area (Å²) < 4.78 is 10.7. The Kier molecular flexibility index (Phi) is 18.9. The van der Waals surface area contributed by atoms with Gasteiger partial charge in [-0.15, -0.1) is 0 Å². The third-order valence-corrected chi connectivity index (χ3v) is 6.37. The lowest BCUT2D eigenvalue weighted by Crippen LogP contribution is -2.45. The highest BCUT2D eigenvalue weighted by Crippen LogP contribution is 2.06. The van der Waals surface area contributed by atoms with E-state index in [2.05, 4.69) is 16.0 Å². The van der Waals surface area contributed by atoms with E-state index in [-0.39, 0.29) is 69.7 Å². The molecule has 6 N–H and O–H groups in total. The second-order valence-electron chi connectivity index (χ2n) is 10.2. The zero-order valence-electron chi connectivity index (χ0n) is 25.2. The minimum Gasteiger partial charge on any atom is -0.480 e. The normalized spacial score (nSPS) is 12.1. The van der Waals surface area contributed by atoms with Crippen molar-refractivity contribution in [2.24, 2.45) is 5.73 Å². The van der Waals surface area contributed by atoms with E-state index < -0.39 is 29.9 Å². The zero-order chi connectivity index (χ0) is 32.0. The summed E-state index contributed by atoms with van der Waals surface area (Å²) in [7, 11) is 0. The third kappa shape index (κ3) is 17.7. The van der Waals surface area contributed by atoms with E-state index >= 15 is 0 Å². The molecule has 0 fully saturated rings. The molecule has 1 aromatic rings. The van der Waals surface area contributed by atoms with Gasteiger partial charge in [-0.25, -0.2) is 4.79 Å². The van der Waals surface area contributed by atoms with Crippen LogP contribution < -0.4 is 21.7 Å². The van der Waals surface area contributed by atoms with E-state index in [1.165, 1.54) is 0 Å². The van der Waals surface area contributed by atoms with Crippen molar-refractivity contribution in [1.29, 1.82) is 0 Å². The van der Waals surface area contributed by atoms with Gasteiger partial charge in [-0.05, 0) is 57.6 Å². The van der Waals surface area contributed by atoms with Crippen molar-refractivity contribution in [2.45, 2.75) is 83.7 Å². The maximum atomic E-state index is 12.1. The van der Waals surface area contributed by atoms with Gasteiger partial charge in [0.15, 0.2) is 0 Å². The average molecular weight is 607 g/mol. The highest BCUT2D eigenvalue weighted by molar-refractivity contribution is 5.94. The molecule has 13 heteroatoms. The predicted molar refractivity (Wildman–Crippen MR) is 158 cm³/mol. The Morgan fingerprint density at radius 2 is 1.49 bits per heavy atom. The SMILES string of the molecule is CCCC(=O)NC(CCC(=O)CCCOCCOCC(=O)NC(CCCCNC(=O)c1ccc(C)cc1)C(N)=O)C(=O)O. The molecule has 0 aliphatic heterocycles. The van der Waals surface area contributed by atoms with E-state index in [4.69, 9.17) is 15.2 Å². The minimum absolute atomic E-state index is 0.0315. The zero-order valence-corrected chi connectivity index (χ0v) is 25.2. The number of carbonyl (C=O) groups excluding carboxylic acids is 5. The van der Waals surface area contributed by atoms with Gasteiger partial charge < -0.3 is 36.3 Å². The first-order valence-corrected chi connectivity index (χ1v) is 14.7. The fourth-order valence-electron chi connectivity index (χ4n) is 3.94. The molecule has 0 radical (unpaired) electrons. The summed E-state index contributed by atoms with van der Waals surface area (Å²) in [5, 5.41) is 17.0. The Hall–Kier alpha value is -3.84. The summed E-state index contributed by atoms with van der Waals surface area (Å²) in [5.74, 6) is -2.97. The first-order valence-electron chi connectivity index (χ1n) is 14.7. The highest BCUT2D eigenvalue weighted by atomic mass is 16.5. The molecule has 0 saturated carbocycles. The van der Waals surface area contributed by atoms with Gasteiger partial charge in [0.25, 0.3) is 5.91 Å². The van der Waals surface area contributed by atoms with Crippen LogP contribution in [0.4, 0.5) is 0 Å². The number of carbonyl (C=O) groups is 6. The number of primary amides is 1. The lowest BCUT2D eigenvalue weighted by molar-refractivity contribution is -0.142. The van der Waals surface area contributed by atoms with Crippen molar-refractivity contribution in [3.05, 3.63) is 35.4 Å². The number of hydrogen-bond donors (Lipinski definition) is 5. The molecule has 240 valence electrons. The molecule has 0 spiro atoms. The molecule has 0 saturated heterocycles. The number of aliphatic carboxylic acids is 1. The van der Waals surface area contributed by atoms with E-state index in [9.17, 15) is 33.9 Å². The van der Waals surface area contributed by atoms with Gasteiger partial charge in [-0.1, -0.05) is 24.6 Å². The molecular formula is C30H46N4O9. The number of nitrogens with two attached hydrogens (primary N) is 1. The van der Waals surface area contributed by atoms with Crippen LogP contribution in [0.3, 0.4) is 0 Å². The molecule has 1 aromatic carbocycles. The van der Waals surface area contributed by atoms with Crippen LogP contribution in [0.5, 0.6) is 0 Å². The van der Waals surface area contributed by atoms with Crippen molar-refractivity contribution < 1.29 is 43.3 Å². The number of unbranched alkanes of at least 4 members (excludes halogenated alkanes) is 1. The van der Waals surface area contributed by atoms with E-state index in [1.54, 1.807) is 12.1 Å². The van der Waals surface area contributed by atoms with Gasteiger partial charge in [0.05, 0.1) is 13.2 Å². The number of carboxylic acid groups (broad SMARTS) is 1. The Balaban J connectivity index is 2.12. The Bertz CT molecular complexity index is 1050. The molecule has 0 heterocycles. The summed E-state index contributed by atoms with van der Waals surface area (Å²) in [6, 6.07) is 5.29. The maximum Gasteiger partial charge on any atom is 0.326 e. The van der Waals surface area contributed by atoms with Crippen LogP contribution in [-0.4, -0.2) is 85.5 Å². The smallest absolute Gasteiger partial charge is 0.326 e. The second kappa shape index (κ2) is 21.8. The first kappa shape index (κ1) is 37.2. The maximum absolute atomic E-state index is 12.1. The van der Waals surface area contributed by atoms with Gasteiger partial charge >= 0.3 is 5.97 Å². The number of amides is 4. The van der Waals surface area contributed by atoms with Crippen molar-refractivity contribution in [3.63, 3.8) is 0 Å². The van der Waals surface area contributed by atoms with Crippen LogP contribution in [0.1, 0.15) is 80.6 Å². The summed E-state index contributed by atoms with van der Waals surface area (Å²) >= 11 is 0. The molecule has 0 aliphatic carbocycles. The van der Waals surface area contributed by atoms with Gasteiger partial charge in [0, 0.05) is 38.0 Å². The quantitative estimate of drug-likeness (QED) is 0.108. The third-order valence-electron chi connectivity index (χ3n) is 6.37. The molecule has 2 atom stereocenters. The van der Waals surface area contributed by atoms with E-state index in [0.29, 0.717) is 44.2 Å². The minimum atomic E-state index is -1.17. The fourth-order valence-corrected chi connectivity index (χ4v) is 3.94. The molecule has 1 rings (SSSR count). The Morgan fingerprint density at radius 1 is 0.814 bits per heavy atom. The molecular weight excluding hydrogens is 560 g/mol. The van der Waals surface area contributed by atoms with Gasteiger partial charge in [0.2, 0.25) is 17.7 Å². The number of ketones is 1. The number of nitrogens with one attached hydrogen (secondary N) is 3. The van der Waals surface area contributed by atoms with Crippen LogP contribution in [0, 0.1) is 6.92 Å². The number of benzene rings is 1. The van der Waals surface area contributed by atoms with Crippen LogP contribution in [0.25, 0.3) is 0 Å². The van der Waals surface area contributed by atoms with Crippen molar-refractivity contribution >= 4 is 35.4 Å². The second-order valence-corrected chi connectivity index (χ2v) is 10.2. The molecule has 0 aliphatic rings. The first-order chi connectivity index (χ1) is 20.5. The molecule has 4 amide bonds. The topological polar surface area (TPSA) is 203 Å². The summed E-state index contributed by atoms with van der Waals surface area (Å²) in [4.78, 5) is 70.9. The Labute approximate surface area is 252 Å². The molecule has 13 nitrogen and oxygen atoms in total. The summed E-state index contributed by atoms with van der Waals surface area (Å²) in [6.07, 6.45) is 3.06. The number of aryl methyl sites for hydroxylation is 1. The van der Waals surface area contributed by atoms with Crippen LogP contribution in [-0.2, 0) is 33.4 Å². The van der Waals surface area contributed by atoms with Gasteiger partial charge in [0.1, 0.15) is 24.5 Å². The number of ether oxygens (including phenoxy) is 2. The van der Waals surface area contributed by atoms with Crippen molar-refractivity contribution in [1.82, 2.24) is 16.0 Å². The number of Topliss-reactive ketones (excluding diaryl/α,β-unsaturated/α-hetero) is 1. The number of carboxylic acids is 1. The molecule has 43 heavy (non-hydrogen) atoms. The molecule has 0 bridgehead atoms. The van der Waals surface area contributed by atoms with Crippen molar-refractivity contribution in [3.8, 4) is 0 Å². The monoisotopic (exact) mass is 606 g/mol. The summed E-state index contributed by atoms with van der Waals surface area (Å²) in [5.41, 5.74) is 7.04.